The van der Waals surface area contributed by atoms with Gasteiger partial charge in [0.25, 0.3) is 0 Å². The Bertz CT molecular complexity index is 674. The van der Waals surface area contributed by atoms with Gasteiger partial charge in [-0.05, 0) is 49.4 Å². The largest absolute Gasteiger partial charge is 0.375 e. The molecule has 2 fully saturated rings. The summed E-state index contributed by atoms with van der Waals surface area (Å²) in [7, 11) is 0. The summed E-state index contributed by atoms with van der Waals surface area (Å²) in [6.07, 6.45) is 7.09. The van der Waals surface area contributed by atoms with E-state index in [0.717, 1.165) is 63.5 Å². The Morgan fingerprint density at radius 3 is 2.58 bits per heavy atom. The Kier molecular flexibility index (Phi) is 5.58. The minimum atomic E-state index is 0.0681. The van der Waals surface area contributed by atoms with Crippen molar-refractivity contribution in [2.24, 2.45) is 5.92 Å². The molecule has 0 aliphatic carbocycles. The van der Waals surface area contributed by atoms with E-state index in [1.165, 1.54) is 0 Å². The number of rotatable bonds is 7. The molecule has 2 saturated heterocycles. The normalized spacial score (nSPS) is 22.2. The number of hydrogen-bond acceptors (Lipinski definition) is 5. The van der Waals surface area contributed by atoms with E-state index in [4.69, 9.17) is 9.47 Å². The molecule has 0 radical (unpaired) electrons. The SMILES string of the molecule is c1ccc(COCC[C@@H]2CCOC3(C2)CN(Cc2ccccn2)C3)nc1. The molecule has 1 spiro atoms. The molecule has 1 atom stereocenters. The molecule has 138 valence electrons. The maximum atomic E-state index is 6.16. The first-order chi connectivity index (χ1) is 12.8. The van der Waals surface area contributed by atoms with Crippen LogP contribution in [0.1, 0.15) is 30.7 Å². The number of ether oxygens (including phenoxy) is 2. The van der Waals surface area contributed by atoms with E-state index in [9.17, 15) is 0 Å². The minimum Gasteiger partial charge on any atom is -0.375 e. The van der Waals surface area contributed by atoms with Gasteiger partial charge in [0.1, 0.15) is 0 Å². The number of pyridine rings is 2. The van der Waals surface area contributed by atoms with Crippen molar-refractivity contribution in [1.29, 1.82) is 0 Å². The van der Waals surface area contributed by atoms with Crippen LogP contribution in [0.15, 0.2) is 48.8 Å². The van der Waals surface area contributed by atoms with Gasteiger partial charge >= 0.3 is 0 Å². The van der Waals surface area contributed by atoms with Crippen LogP contribution in [0.5, 0.6) is 0 Å². The lowest BCUT2D eigenvalue weighted by Gasteiger charge is -2.53. The molecule has 0 unspecified atom stereocenters. The molecule has 2 aromatic heterocycles. The van der Waals surface area contributed by atoms with Crippen LogP contribution >= 0.6 is 0 Å². The van der Waals surface area contributed by atoms with Gasteiger partial charge in [0.05, 0.1) is 23.6 Å². The molecular formula is C21H27N3O2. The molecule has 0 N–H and O–H groups in total. The molecule has 0 aromatic carbocycles. The number of nitrogens with zero attached hydrogens (tertiary/aromatic N) is 3. The molecule has 0 saturated carbocycles. The lowest BCUT2D eigenvalue weighted by molar-refractivity contribution is -0.182. The topological polar surface area (TPSA) is 47.5 Å². The second kappa shape index (κ2) is 8.25. The molecule has 4 rings (SSSR count). The van der Waals surface area contributed by atoms with Crippen molar-refractivity contribution in [2.75, 3.05) is 26.3 Å². The maximum Gasteiger partial charge on any atom is 0.0937 e. The summed E-state index contributed by atoms with van der Waals surface area (Å²) in [5.74, 6) is 0.699. The van der Waals surface area contributed by atoms with Crippen molar-refractivity contribution in [3.8, 4) is 0 Å². The Hall–Kier alpha value is -1.82. The van der Waals surface area contributed by atoms with Crippen molar-refractivity contribution in [2.45, 2.75) is 38.0 Å². The Morgan fingerprint density at radius 2 is 1.85 bits per heavy atom. The minimum absolute atomic E-state index is 0.0681. The summed E-state index contributed by atoms with van der Waals surface area (Å²) in [4.78, 5) is 11.1. The lowest BCUT2D eigenvalue weighted by Crippen LogP contribution is -2.64. The number of hydrogen-bond donors (Lipinski definition) is 0. The first-order valence-electron chi connectivity index (χ1n) is 9.55. The molecule has 26 heavy (non-hydrogen) atoms. The third kappa shape index (κ3) is 4.47. The molecule has 4 heterocycles. The zero-order chi connectivity index (χ0) is 17.7. The summed E-state index contributed by atoms with van der Waals surface area (Å²) in [5.41, 5.74) is 2.20. The predicted molar refractivity (Wildman–Crippen MR) is 99.4 cm³/mol. The quantitative estimate of drug-likeness (QED) is 0.716. The summed E-state index contributed by atoms with van der Waals surface area (Å²) >= 11 is 0. The van der Waals surface area contributed by atoms with Gasteiger partial charge in [-0.2, -0.15) is 0 Å². The van der Waals surface area contributed by atoms with E-state index in [1.807, 2.05) is 36.7 Å². The smallest absolute Gasteiger partial charge is 0.0937 e. The van der Waals surface area contributed by atoms with Crippen LogP contribution in [0.3, 0.4) is 0 Å². The fraction of sp³-hybridized carbons (Fsp3) is 0.524. The Labute approximate surface area is 155 Å². The monoisotopic (exact) mass is 353 g/mol. The van der Waals surface area contributed by atoms with Gasteiger partial charge in [0, 0.05) is 45.2 Å². The first kappa shape index (κ1) is 17.6. The van der Waals surface area contributed by atoms with Gasteiger partial charge in [0.2, 0.25) is 0 Å². The van der Waals surface area contributed by atoms with E-state index in [0.29, 0.717) is 12.5 Å². The van der Waals surface area contributed by atoms with Gasteiger partial charge in [-0.1, -0.05) is 12.1 Å². The van der Waals surface area contributed by atoms with Crippen molar-refractivity contribution in [3.63, 3.8) is 0 Å². The zero-order valence-corrected chi connectivity index (χ0v) is 15.2. The van der Waals surface area contributed by atoms with Crippen LogP contribution in [0.4, 0.5) is 0 Å². The van der Waals surface area contributed by atoms with Crippen LogP contribution in [-0.2, 0) is 22.6 Å². The van der Waals surface area contributed by atoms with Crippen LogP contribution in [0.2, 0.25) is 0 Å². The number of likely N-dealkylation sites (tertiary alicyclic amines) is 1. The summed E-state index contributed by atoms with van der Waals surface area (Å²) in [6, 6.07) is 12.0. The van der Waals surface area contributed by atoms with Crippen molar-refractivity contribution in [3.05, 3.63) is 60.2 Å². The first-order valence-corrected chi connectivity index (χ1v) is 9.55. The van der Waals surface area contributed by atoms with E-state index in [2.05, 4.69) is 27.0 Å². The fourth-order valence-corrected chi connectivity index (χ4v) is 4.11. The van der Waals surface area contributed by atoms with Crippen molar-refractivity contribution in [1.82, 2.24) is 14.9 Å². The second-order valence-corrected chi connectivity index (χ2v) is 7.52. The highest BCUT2D eigenvalue weighted by atomic mass is 16.5. The Morgan fingerprint density at radius 1 is 1.08 bits per heavy atom. The van der Waals surface area contributed by atoms with E-state index < -0.39 is 0 Å². The molecule has 5 heteroatoms. The Balaban J connectivity index is 1.18. The lowest BCUT2D eigenvalue weighted by atomic mass is 9.79. The average molecular weight is 353 g/mol. The van der Waals surface area contributed by atoms with Crippen LogP contribution in [0, 0.1) is 5.92 Å². The number of aromatic nitrogens is 2. The highest BCUT2D eigenvalue weighted by Gasteiger charge is 2.47. The molecule has 2 aliphatic heterocycles. The van der Waals surface area contributed by atoms with Gasteiger partial charge < -0.3 is 9.47 Å². The second-order valence-electron chi connectivity index (χ2n) is 7.52. The van der Waals surface area contributed by atoms with Crippen molar-refractivity contribution < 1.29 is 9.47 Å². The summed E-state index contributed by atoms with van der Waals surface area (Å²) < 4.78 is 12.0. The summed E-state index contributed by atoms with van der Waals surface area (Å²) in [6.45, 7) is 5.25. The average Bonchev–Trinajstić information content (AvgIpc) is 2.66. The molecule has 2 aromatic rings. The molecule has 0 amide bonds. The summed E-state index contributed by atoms with van der Waals surface area (Å²) in [5, 5.41) is 0. The zero-order valence-electron chi connectivity index (χ0n) is 15.2. The third-order valence-corrected chi connectivity index (χ3v) is 5.38. The van der Waals surface area contributed by atoms with Crippen LogP contribution in [-0.4, -0.2) is 46.8 Å². The van der Waals surface area contributed by atoms with Crippen LogP contribution in [0.25, 0.3) is 0 Å². The molecule has 5 nitrogen and oxygen atoms in total. The molecular weight excluding hydrogens is 326 g/mol. The predicted octanol–water partition coefficient (Wildman–Crippen LogP) is 3.06. The molecule has 0 bridgehead atoms. The fourth-order valence-electron chi connectivity index (χ4n) is 4.11. The van der Waals surface area contributed by atoms with Gasteiger partial charge in [0.15, 0.2) is 0 Å². The standard InChI is InChI=1S/C21H27N3O2/c1-3-9-22-19(5-1)14-24-16-21(17-24)13-18(8-12-26-21)7-11-25-15-20-6-2-4-10-23-20/h1-6,9-10,18H,7-8,11-17H2/t18-/m1/s1. The van der Waals surface area contributed by atoms with Gasteiger partial charge in [-0.3, -0.25) is 14.9 Å². The van der Waals surface area contributed by atoms with Gasteiger partial charge in [-0.15, -0.1) is 0 Å². The highest BCUT2D eigenvalue weighted by molar-refractivity contribution is 5.07. The van der Waals surface area contributed by atoms with E-state index >= 15 is 0 Å². The van der Waals surface area contributed by atoms with Gasteiger partial charge in [-0.25, -0.2) is 0 Å². The highest BCUT2D eigenvalue weighted by Crippen LogP contribution is 2.38. The van der Waals surface area contributed by atoms with Crippen molar-refractivity contribution >= 4 is 0 Å². The van der Waals surface area contributed by atoms with Crippen LogP contribution < -0.4 is 0 Å². The molecule has 2 aliphatic rings. The van der Waals surface area contributed by atoms with E-state index in [1.54, 1.807) is 0 Å². The third-order valence-electron chi connectivity index (χ3n) is 5.38. The van der Waals surface area contributed by atoms with E-state index in [-0.39, 0.29) is 5.60 Å². The maximum absolute atomic E-state index is 6.16.